The molecule has 0 bridgehead atoms. The Morgan fingerprint density at radius 3 is 2.48 bits per heavy atom. The molecule has 0 radical (unpaired) electrons. The van der Waals surface area contributed by atoms with Crippen LogP contribution in [0.4, 0.5) is 15.0 Å². The van der Waals surface area contributed by atoms with E-state index in [2.05, 4.69) is 32.1 Å². The molecule has 42 heavy (non-hydrogen) atoms. The second kappa shape index (κ2) is 12.7. The van der Waals surface area contributed by atoms with Crippen molar-refractivity contribution in [2.75, 3.05) is 25.7 Å². The van der Waals surface area contributed by atoms with Crippen LogP contribution >= 0.6 is 11.6 Å². The number of halogens is 2. The number of ether oxygens (including phenoxy) is 2. The molecule has 0 atom stereocenters. The maximum absolute atomic E-state index is 14.0. The summed E-state index contributed by atoms with van der Waals surface area (Å²) in [5.74, 6) is 1.16. The molecule has 1 fully saturated rings. The molecule has 218 valence electrons. The number of imidazole rings is 1. The highest BCUT2D eigenvalue weighted by Crippen LogP contribution is 2.33. The van der Waals surface area contributed by atoms with Gasteiger partial charge in [-0.05, 0) is 47.0 Å². The fourth-order valence-corrected chi connectivity index (χ4v) is 5.24. The first kappa shape index (κ1) is 29.2. The van der Waals surface area contributed by atoms with Crippen molar-refractivity contribution in [1.29, 1.82) is 0 Å². The van der Waals surface area contributed by atoms with Gasteiger partial charge in [0.25, 0.3) is 0 Å². The Balaban J connectivity index is 0.00000113. The van der Waals surface area contributed by atoms with Crippen molar-refractivity contribution < 1.29 is 23.5 Å². The molecule has 2 aliphatic heterocycles. The summed E-state index contributed by atoms with van der Waals surface area (Å²) in [6.45, 7) is 2.69. The molecular formula is C31H31ClFN5O4. The first-order valence-electron chi connectivity index (χ1n) is 13.4. The van der Waals surface area contributed by atoms with Crippen molar-refractivity contribution in [3.8, 4) is 22.9 Å². The Hall–Kier alpha value is -4.25. The molecule has 0 aliphatic carbocycles. The SMILES string of the molecule is COC.Cn1c(N2CCC(=O)NC2=O)cnc1-c1ccc2c(c1)CN(Cc1ccc(Oc3c(F)cccc3Cl)cc1)C2. The summed E-state index contributed by atoms with van der Waals surface area (Å²) in [5, 5.41) is 2.58. The van der Waals surface area contributed by atoms with Crippen molar-refractivity contribution in [2.24, 2.45) is 7.05 Å². The lowest BCUT2D eigenvalue weighted by atomic mass is 10.1. The Bertz CT molecular complexity index is 1590. The van der Waals surface area contributed by atoms with Gasteiger partial charge in [-0.1, -0.05) is 41.9 Å². The van der Waals surface area contributed by atoms with Gasteiger partial charge in [-0.3, -0.25) is 19.9 Å². The molecular weight excluding hydrogens is 561 g/mol. The van der Waals surface area contributed by atoms with Crippen LogP contribution in [0.3, 0.4) is 0 Å². The maximum Gasteiger partial charge on any atom is 0.329 e. The topological polar surface area (TPSA) is 88.9 Å². The highest BCUT2D eigenvalue weighted by atomic mass is 35.5. The zero-order chi connectivity index (χ0) is 29.8. The molecule has 0 spiro atoms. The Morgan fingerprint density at radius 2 is 1.76 bits per heavy atom. The van der Waals surface area contributed by atoms with Gasteiger partial charge >= 0.3 is 6.03 Å². The van der Waals surface area contributed by atoms with Crippen LogP contribution in [-0.2, 0) is 36.2 Å². The molecule has 3 aromatic carbocycles. The normalized spacial score (nSPS) is 14.7. The molecule has 1 saturated heterocycles. The molecule has 1 N–H and O–H groups in total. The second-order valence-electron chi connectivity index (χ2n) is 10.1. The van der Waals surface area contributed by atoms with E-state index >= 15 is 0 Å². The van der Waals surface area contributed by atoms with Gasteiger partial charge in [-0.15, -0.1) is 0 Å². The van der Waals surface area contributed by atoms with Gasteiger partial charge in [0.15, 0.2) is 11.6 Å². The highest BCUT2D eigenvalue weighted by Gasteiger charge is 2.27. The van der Waals surface area contributed by atoms with E-state index in [1.54, 1.807) is 26.5 Å². The first-order valence-corrected chi connectivity index (χ1v) is 13.7. The molecule has 6 rings (SSSR count). The van der Waals surface area contributed by atoms with Crippen molar-refractivity contribution in [1.82, 2.24) is 19.8 Å². The number of carbonyl (C=O) groups excluding carboxylic acids is 2. The molecule has 0 unspecified atom stereocenters. The van der Waals surface area contributed by atoms with Crippen LogP contribution in [0.15, 0.2) is 66.9 Å². The van der Waals surface area contributed by atoms with Crippen molar-refractivity contribution >= 4 is 29.4 Å². The maximum atomic E-state index is 14.0. The summed E-state index contributed by atoms with van der Waals surface area (Å²) in [6, 6.07) is 17.9. The van der Waals surface area contributed by atoms with E-state index in [0.717, 1.165) is 36.6 Å². The number of urea groups is 1. The molecule has 9 nitrogen and oxygen atoms in total. The summed E-state index contributed by atoms with van der Waals surface area (Å²) in [5.41, 5.74) is 4.57. The summed E-state index contributed by atoms with van der Waals surface area (Å²) in [7, 11) is 5.12. The van der Waals surface area contributed by atoms with Gasteiger partial charge in [0.1, 0.15) is 17.4 Å². The van der Waals surface area contributed by atoms with Crippen LogP contribution < -0.4 is 15.0 Å². The molecule has 3 heterocycles. The summed E-state index contributed by atoms with van der Waals surface area (Å²) in [4.78, 5) is 32.3. The molecule has 11 heteroatoms. The molecule has 2 aliphatic rings. The predicted molar refractivity (Wildman–Crippen MR) is 158 cm³/mol. The Labute approximate surface area is 248 Å². The van der Waals surface area contributed by atoms with E-state index in [1.807, 2.05) is 41.9 Å². The molecule has 4 aromatic rings. The third-order valence-electron chi connectivity index (χ3n) is 7.01. The molecule has 0 saturated carbocycles. The van der Waals surface area contributed by atoms with Crippen molar-refractivity contribution in [2.45, 2.75) is 26.1 Å². The number of anilines is 1. The molecule has 3 amide bonds. The average molecular weight is 592 g/mol. The largest absolute Gasteiger partial charge is 0.453 e. The Morgan fingerprint density at radius 1 is 1.02 bits per heavy atom. The second-order valence-corrected chi connectivity index (χ2v) is 10.5. The monoisotopic (exact) mass is 591 g/mol. The number of hydrogen-bond acceptors (Lipinski definition) is 6. The molecule has 1 aromatic heterocycles. The minimum absolute atomic E-state index is 0.0202. The third kappa shape index (κ3) is 6.30. The number of rotatable bonds is 6. The minimum atomic E-state index is -0.504. The highest BCUT2D eigenvalue weighted by molar-refractivity contribution is 6.32. The number of methoxy groups -OCH3 is 1. The van der Waals surface area contributed by atoms with Gasteiger partial charge in [-0.25, -0.2) is 14.2 Å². The van der Waals surface area contributed by atoms with Crippen LogP contribution in [0, 0.1) is 5.82 Å². The lowest BCUT2D eigenvalue weighted by molar-refractivity contribution is -0.120. The van der Waals surface area contributed by atoms with E-state index in [-0.39, 0.29) is 23.1 Å². The first-order chi connectivity index (χ1) is 20.3. The number of aromatic nitrogens is 2. The summed E-state index contributed by atoms with van der Waals surface area (Å²) < 4.78 is 25.8. The van der Waals surface area contributed by atoms with Crippen LogP contribution in [0.2, 0.25) is 5.02 Å². The average Bonchev–Trinajstić information content (AvgIpc) is 3.54. The number of hydrogen-bond donors (Lipinski definition) is 1. The quantitative estimate of drug-likeness (QED) is 0.300. The van der Waals surface area contributed by atoms with Gasteiger partial charge in [-0.2, -0.15) is 0 Å². The van der Waals surface area contributed by atoms with Gasteiger partial charge in [0, 0.05) is 59.4 Å². The van der Waals surface area contributed by atoms with Crippen LogP contribution in [0.25, 0.3) is 11.4 Å². The lowest BCUT2D eigenvalue weighted by Crippen LogP contribution is -2.50. The van der Waals surface area contributed by atoms with E-state index < -0.39 is 11.8 Å². The number of imide groups is 1. The fourth-order valence-electron chi connectivity index (χ4n) is 5.04. The number of nitrogens with zero attached hydrogens (tertiary/aromatic N) is 4. The van der Waals surface area contributed by atoms with E-state index in [1.165, 1.54) is 28.2 Å². The van der Waals surface area contributed by atoms with E-state index in [4.69, 9.17) is 16.3 Å². The summed E-state index contributed by atoms with van der Waals surface area (Å²) >= 11 is 6.07. The standard InChI is InChI=1S/C29H25ClFN5O3.C2H6O/c1-34-26(36-12-11-25(37)33-29(36)38)14-32-28(34)19-7-8-20-16-35(17-21(20)13-19)15-18-5-9-22(10-6-18)39-27-23(30)3-2-4-24(27)31;1-3-2/h2-10,13-14H,11-12,15-17H2,1H3,(H,33,37,38);1-2H3. The summed E-state index contributed by atoms with van der Waals surface area (Å²) in [6.07, 6.45) is 1.92. The Kier molecular flexibility index (Phi) is 8.86. The zero-order valence-electron chi connectivity index (χ0n) is 23.6. The van der Waals surface area contributed by atoms with Crippen LogP contribution in [-0.4, -0.2) is 47.2 Å². The van der Waals surface area contributed by atoms with Crippen LogP contribution in [0.5, 0.6) is 11.5 Å². The number of benzene rings is 3. The fraction of sp³-hybridized carbons (Fsp3) is 0.258. The number of fused-ring (bicyclic) bond motifs is 1. The third-order valence-corrected chi connectivity index (χ3v) is 7.31. The lowest BCUT2D eigenvalue weighted by Gasteiger charge is -2.26. The minimum Gasteiger partial charge on any atom is -0.453 e. The van der Waals surface area contributed by atoms with Crippen molar-refractivity contribution in [3.05, 3.63) is 94.4 Å². The van der Waals surface area contributed by atoms with Gasteiger partial charge in [0.2, 0.25) is 5.91 Å². The number of para-hydroxylation sites is 1. The number of amides is 3. The van der Waals surface area contributed by atoms with Gasteiger partial charge in [0.05, 0.1) is 11.2 Å². The number of nitrogens with one attached hydrogen (secondary N) is 1. The van der Waals surface area contributed by atoms with Crippen molar-refractivity contribution in [3.63, 3.8) is 0 Å². The predicted octanol–water partition coefficient (Wildman–Crippen LogP) is 5.90. The number of carbonyl (C=O) groups is 2. The van der Waals surface area contributed by atoms with Gasteiger partial charge < -0.3 is 14.0 Å². The van der Waals surface area contributed by atoms with Crippen LogP contribution in [0.1, 0.15) is 23.1 Å². The zero-order valence-corrected chi connectivity index (χ0v) is 24.3. The smallest absolute Gasteiger partial charge is 0.329 e. The van der Waals surface area contributed by atoms with E-state index in [9.17, 15) is 14.0 Å². The van der Waals surface area contributed by atoms with E-state index in [0.29, 0.717) is 18.1 Å².